The molecule has 0 aliphatic carbocycles. The van der Waals surface area contributed by atoms with Gasteiger partial charge in [0.2, 0.25) is 0 Å². The molecule has 0 radical (unpaired) electrons. The Morgan fingerprint density at radius 1 is 0.935 bits per heavy atom. The number of nitrogens with zero attached hydrogens (tertiary/aromatic N) is 1. The molecule has 2 N–H and O–H groups in total. The zero-order chi connectivity index (χ0) is 22.2. The summed E-state index contributed by atoms with van der Waals surface area (Å²) in [4.78, 5) is 23.9. The average Bonchev–Trinajstić information content (AvgIpc) is 2.76. The van der Waals surface area contributed by atoms with Crippen molar-refractivity contribution in [3.63, 3.8) is 0 Å². The van der Waals surface area contributed by atoms with Crippen LogP contribution >= 0.6 is 23.2 Å². The highest BCUT2D eigenvalue weighted by atomic mass is 35.5. The van der Waals surface area contributed by atoms with Crippen LogP contribution in [0.25, 0.3) is 0 Å². The van der Waals surface area contributed by atoms with E-state index in [1.54, 1.807) is 49.4 Å². The minimum absolute atomic E-state index is 0.420. The van der Waals surface area contributed by atoms with Crippen LogP contribution in [0.3, 0.4) is 0 Å². The highest BCUT2D eigenvalue weighted by Crippen LogP contribution is 2.19. The third kappa shape index (κ3) is 6.84. The zero-order valence-electron chi connectivity index (χ0n) is 16.6. The Bertz CT molecular complexity index is 1100. The van der Waals surface area contributed by atoms with Crippen molar-refractivity contribution in [3.05, 3.63) is 93.5 Å². The van der Waals surface area contributed by atoms with Gasteiger partial charge in [-0.15, -0.1) is 0 Å². The predicted octanol–water partition coefficient (Wildman–Crippen LogP) is 4.97. The van der Waals surface area contributed by atoms with Gasteiger partial charge in [0.1, 0.15) is 12.4 Å². The molecule has 0 bridgehead atoms. The molecule has 0 spiro atoms. The van der Waals surface area contributed by atoms with Gasteiger partial charge in [-0.1, -0.05) is 35.3 Å². The van der Waals surface area contributed by atoms with Crippen LogP contribution in [0.4, 0.5) is 5.69 Å². The minimum Gasteiger partial charge on any atom is -0.489 e. The Kier molecular flexibility index (Phi) is 7.65. The molecule has 3 aromatic carbocycles. The maximum absolute atomic E-state index is 12.0. The molecule has 0 aliphatic heterocycles. The Morgan fingerprint density at radius 3 is 2.29 bits per heavy atom. The van der Waals surface area contributed by atoms with Gasteiger partial charge in [-0.2, -0.15) is 5.10 Å². The van der Waals surface area contributed by atoms with E-state index in [0.29, 0.717) is 28.1 Å². The van der Waals surface area contributed by atoms with Gasteiger partial charge in [0.05, 0.1) is 6.21 Å². The number of aryl methyl sites for hydroxylation is 1. The van der Waals surface area contributed by atoms with Gasteiger partial charge in [-0.25, -0.2) is 5.43 Å². The number of anilines is 1. The fourth-order valence-corrected chi connectivity index (χ4v) is 2.91. The lowest BCUT2D eigenvalue weighted by Gasteiger charge is -2.07. The summed E-state index contributed by atoms with van der Waals surface area (Å²) in [5.74, 6) is -1.02. The number of ether oxygens (including phenoxy) is 1. The highest BCUT2D eigenvalue weighted by Gasteiger charge is 2.14. The van der Waals surface area contributed by atoms with E-state index in [1.807, 2.05) is 24.3 Å². The number of rotatable bonds is 6. The van der Waals surface area contributed by atoms with E-state index < -0.39 is 11.8 Å². The number of hydrogen-bond acceptors (Lipinski definition) is 4. The van der Waals surface area contributed by atoms with Crippen LogP contribution in [0.2, 0.25) is 10.0 Å². The molecule has 0 atom stereocenters. The Morgan fingerprint density at radius 2 is 1.61 bits per heavy atom. The maximum atomic E-state index is 12.0. The van der Waals surface area contributed by atoms with Gasteiger partial charge in [0, 0.05) is 15.7 Å². The lowest BCUT2D eigenvalue weighted by Crippen LogP contribution is -2.32. The predicted molar refractivity (Wildman–Crippen MR) is 123 cm³/mol. The molecule has 31 heavy (non-hydrogen) atoms. The second kappa shape index (κ2) is 10.6. The summed E-state index contributed by atoms with van der Waals surface area (Å²) in [5.41, 5.74) is 5.18. The largest absolute Gasteiger partial charge is 0.489 e. The molecular formula is C23H19Cl2N3O3. The summed E-state index contributed by atoms with van der Waals surface area (Å²) in [6.45, 7) is 2.20. The summed E-state index contributed by atoms with van der Waals surface area (Å²) >= 11 is 11.7. The van der Waals surface area contributed by atoms with E-state index >= 15 is 0 Å². The molecule has 0 heterocycles. The lowest BCUT2D eigenvalue weighted by atomic mass is 10.2. The smallest absolute Gasteiger partial charge is 0.329 e. The third-order valence-electron chi connectivity index (χ3n) is 4.22. The number of carbonyl (C=O) groups excluding carboxylic acids is 2. The SMILES string of the molecule is Cc1cc(Cl)ccc1NC(=O)C(=O)NN=Cc1ccc(OCc2ccc(Cl)cc2)cc1. The molecule has 2 amide bonds. The van der Waals surface area contributed by atoms with E-state index in [2.05, 4.69) is 15.8 Å². The molecule has 0 unspecified atom stereocenters. The van der Waals surface area contributed by atoms with Crippen molar-refractivity contribution in [1.82, 2.24) is 5.43 Å². The number of amides is 2. The first kappa shape index (κ1) is 22.3. The number of carbonyl (C=O) groups is 2. The molecule has 6 nitrogen and oxygen atoms in total. The Labute approximate surface area is 189 Å². The van der Waals surface area contributed by atoms with Crippen LogP contribution < -0.4 is 15.5 Å². The minimum atomic E-state index is -0.881. The summed E-state index contributed by atoms with van der Waals surface area (Å²) in [7, 11) is 0. The van der Waals surface area contributed by atoms with E-state index in [9.17, 15) is 9.59 Å². The summed E-state index contributed by atoms with van der Waals surface area (Å²) in [6, 6.07) is 19.5. The summed E-state index contributed by atoms with van der Waals surface area (Å²) in [5, 5.41) is 7.55. The van der Waals surface area contributed by atoms with E-state index in [4.69, 9.17) is 27.9 Å². The summed E-state index contributed by atoms with van der Waals surface area (Å²) < 4.78 is 5.72. The molecule has 158 valence electrons. The molecule has 0 aliphatic rings. The number of halogens is 2. The quantitative estimate of drug-likeness (QED) is 0.312. The second-order valence-electron chi connectivity index (χ2n) is 6.60. The van der Waals surface area contributed by atoms with Crippen molar-refractivity contribution >= 4 is 46.9 Å². The topological polar surface area (TPSA) is 79.8 Å². The van der Waals surface area contributed by atoms with Gasteiger partial charge < -0.3 is 10.1 Å². The lowest BCUT2D eigenvalue weighted by molar-refractivity contribution is -0.136. The zero-order valence-corrected chi connectivity index (χ0v) is 18.1. The van der Waals surface area contributed by atoms with Crippen LogP contribution in [0.15, 0.2) is 71.8 Å². The number of benzene rings is 3. The van der Waals surface area contributed by atoms with Crippen molar-refractivity contribution in [3.8, 4) is 5.75 Å². The van der Waals surface area contributed by atoms with Gasteiger partial charge in [-0.05, 0) is 78.2 Å². The molecular weight excluding hydrogens is 437 g/mol. The number of hydrazone groups is 1. The Hall–Kier alpha value is -3.35. The highest BCUT2D eigenvalue weighted by molar-refractivity contribution is 6.39. The monoisotopic (exact) mass is 455 g/mol. The first-order valence-electron chi connectivity index (χ1n) is 9.28. The molecule has 0 fully saturated rings. The molecule has 0 saturated carbocycles. The van der Waals surface area contributed by atoms with Crippen molar-refractivity contribution in [2.75, 3.05) is 5.32 Å². The van der Waals surface area contributed by atoms with Gasteiger partial charge in [0.25, 0.3) is 0 Å². The third-order valence-corrected chi connectivity index (χ3v) is 4.71. The van der Waals surface area contributed by atoms with E-state index in [0.717, 1.165) is 16.7 Å². The van der Waals surface area contributed by atoms with Crippen molar-refractivity contribution < 1.29 is 14.3 Å². The fraction of sp³-hybridized carbons (Fsp3) is 0.0870. The first-order valence-corrected chi connectivity index (χ1v) is 10.0. The molecule has 3 aromatic rings. The second-order valence-corrected chi connectivity index (χ2v) is 7.47. The first-order chi connectivity index (χ1) is 14.9. The molecule has 0 aromatic heterocycles. The number of nitrogens with one attached hydrogen (secondary N) is 2. The standard InChI is InChI=1S/C23H19Cl2N3O3/c1-15-12-19(25)8-11-21(15)27-22(29)23(30)28-26-13-16-4-9-20(10-5-16)31-14-17-2-6-18(24)7-3-17/h2-13H,14H2,1H3,(H,27,29)(H,28,30). The average molecular weight is 456 g/mol. The number of hydrogen-bond donors (Lipinski definition) is 2. The molecule has 8 heteroatoms. The van der Waals surface area contributed by atoms with Gasteiger partial charge in [-0.3, -0.25) is 9.59 Å². The van der Waals surface area contributed by atoms with Crippen LogP contribution in [0.1, 0.15) is 16.7 Å². The Balaban J connectivity index is 1.48. The van der Waals surface area contributed by atoms with Crippen molar-refractivity contribution in [1.29, 1.82) is 0 Å². The van der Waals surface area contributed by atoms with Crippen LogP contribution in [0, 0.1) is 6.92 Å². The normalized spacial score (nSPS) is 10.7. The molecule has 3 rings (SSSR count). The summed E-state index contributed by atoms with van der Waals surface area (Å²) in [6.07, 6.45) is 1.43. The van der Waals surface area contributed by atoms with Crippen LogP contribution in [-0.2, 0) is 16.2 Å². The van der Waals surface area contributed by atoms with Gasteiger partial charge in [0.15, 0.2) is 0 Å². The van der Waals surface area contributed by atoms with Crippen molar-refractivity contribution in [2.24, 2.45) is 5.10 Å². The van der Waals surface area contributed by atoms with Crippen LogP contribution in [0.5, 0.6) is 5.75 Å². The molecule has 0 saturated heterocycles. The maximum Gasteiger partial charge on any atom is 0.329 e. The van der Waals surface area contributed by atoms with E-state index in [1.165, 1.54) is 6.21 Å². The van der Waals surface area contributed by atoms with Gasteiger partial charge >= 0.3 is 11.8 Å². The van der Waals surface area contributed by atoms with E-state index in [-0.39, 0.29) is 0 Å². The van der Waals surface area contributed by atoms with Crippen molar-refractivity contribution in [2.45, 2.75) is 13.5 Å². The fourth-order valence-electron chi connectivity index (χ4n) is 2.56. The van der Waals surface area contributed by atoms with Crippen LogP contribution in [-0.4, -0.2) is 18.0 Å².